The number of halogens is 3. The SMILES string of the molecule is Cl.Cl.Cl.NCCCNCCCCNC(=O)C(O)NC(=O)CCCCCCN=C(N)N. The largest absolute Gasteiger partial charge is 0.370 e. The van der Waals surface area contributed by atoms with Crippen LogP contribution in [0.15, 0.2) is 4.99 Å². The number of aliphatic hydroxyl groups is 1. The fourth-order valence-corrected chi connectivity index (χ4v) is 2.28. The van der Waals surface area contributed by atoms with E-state index >= 15 is 0 Å². The third-order valence-corrected chi connectivity index (χ3v) is 3.79. The zero-order valence-electron chi connectivity index (χ0n) is 17.4. The van der Waals surface area contributed by atoms with E-state index in [1.165, 1.54) is 0 Å². The minimum atomic E-state index is -1.51. The summed E-state index contributed by atoms with van der Waals surface area (Å²) in [5.41, 5.74) is 15.8. The van der Waals surface area contributed by atoms with Crippen LogP contribution in [-0.2, 0) is 9.59 Å². The molecule has 0 saturated carbocycles. The van der Waals surface area contributed by atoms with E-state index in [-0.39, 0.29) is 55.5 Å². The van der Waals surface area contributed by atoms with Crippen molar-refractivity contribution in [3.05, 3.63) is 0 Å². The van der Waals surface area contributed by atoms with Gasteiger partial charge in [0.2, 0.25) is 12.1 Å². The van der Waals surface area contributed by atoms with E-state index in [9.17, 15) is 14.7 Å². The van der Waals surface area contributed by atoms with Crippen molar-refractivity contribution in [2.75, 3.05) is 32.7 Å². The van der Waals surface area contributed by atoms with Crippen LogP contribution >= 0.6 is 37.2 Å². The molecule has 0 fully saturated rings. The van der Waals surface area contributed by atoms with Gasteiger partial charge in [0.15, 0.2) is 5.96 Å². The Morgan fingerprint density at radius 3 is 2.10 bits per heavy atom. The Bertz CT molecular complexity index is 443. The molecule has 0 aliphatic carbocycles. The summed E-state index contributed by atoms with van der Waals surface area (Å²) >= 11 is 0. The number of unbranched alkanes of at least 4 members (excludes halogenated alkanes) is 4. The molecule has 10 nitrogen and oxygen atoms in total. The number of carbonyl (C=O) groups is 2. The van der Waals surface area contributed by atoms with Gasteiger partial charge in [0.05, 0.1) is 0 Å². The molecule has 0 aromatic carbocycles. The topological polar surface area (TPSA) is 181 Å². The first-order valence-electron chi connectivity index (χ1n) is 9.68. The molecule has 0 aromatic rings. The Morgan fingerprint density at radius 2 is 1.47 bits per heavy atom. The molecule has 30 heavy (non-hydrogen) atoms. The molecule has 0 radical (unpaired) electrons. The number of aliphatic imine (C=N–C) groups is 1. The molecule has 0 saturated heterocycles. The zero-order chi connectivity index (χ0) is 20.3. The second-order valence-electron chi connectivity index (χ2n) is 6.33. The number of hydrogen-bond acceptors (Lipinski definition) is 6. The lowest BCUT2D eigenvalue weighted by molar-refractivity contribution is -0.136. The third-order valence-electron chi connectivity index (χ3n) is 3.79. The fourth-order valence-electron chi connectivity index (χ4n) is 2.28. The van der Waals surface area contributed by atoms with Gasteiger partial charge >= 0.3 is 0 Å². The van der Waals surface area contributed by atoms with Crippen molar-refractivity contribution in [3.63, 3.8) is 0 Å². The molecule has 13 heteroatoms. The van der Waals surface area contributed by atoms with Gasteiger partial charge in [0, 0.05) is 19.5 Å². The highest BCUT2D eigenvalue weighted by Gasteiger charge is 2.16. The molecular weight excluding hydrogens is 457 g/mol. The summed E-state index contributed by atoms with van der Waals surface area (Å²) in [6, 6.07) is 0. The van der Waals surface area contributed by atoms with Crippen LogP contribution in [0.5, 0.6) is 0 Å². The van der Waals surface area contributed by atoms with Gasteiger partial charge in [0.25, 0.3) is 5.91 Å². The molecule has 0 heterocycles. The number of nitrogens with two attached hydrogens (primary N) is 3. The number of nitrogens with one attached hydrogen (secondary N) is 3. The maximum Gasteiger partial charge on any atom is 0.269 e. The Labute approximate surface area is 198 Å². The smallest absolute Gasteiger partial charge is 0.269 e. The average Bonchev–Trinajstić information content (AvgIpc) is 2.62. The Kier molecular flexibility index (Phi) is 31.5. The van der Waals surface area contributed by atoms with Gasteiger partial charge in [0.1, 0.15) is 0 Å². The molecule has 0 spiro atoms. The molecular formula is C17H40Cl3N7O3. The van der Waals surface area contributed by atoms with Crippen molar-refractivity contribution < 1.29 is 14.7 Å². The van der Waals surface area contributed by atoms with Crippen molar-refractivity contribution in [1.29, 1.82) is 0 Å². The van der Waals surface area contributed by atoms with Gasteiger partial charge in [-0.1, -0.05) is 12.8 Å². The summed E-state index contributed by atoms with van der Waals surface area (Å²) in [6.45, 7) is 3.47. The van der Waals surface area contributed by atoms with Crippen molar-refractivity contribution in [2.45, 2.75) is 57.6 Å². The van der Waals surface area contributed by atoms with Crippen molar-refractivity contribution in [2.24, 2.45) is 22.2 Å². The van der Waals surface area contributed by atoms with Crippen LogP contribution in [-0.4, -0.2) is 61.8 Å². The highest BCUT2D eigenvalue weighted by Crippen LogP contribution is 2.03. The summed E-state index contributed by atoms with van der Waals surface area (Å²) in [4.78, 5) is 27.3. The van der Waals surface area contributed by atoms with Gasteiger partial charge in [-0.15, -0.1) is 37.2 Å². The standard InChI is InChI=1S/C17H37N7O3.3ClH/c18-9-7-11-21-10-5-6-12-22-15(26)16(27)24-14(25)8-3-1-2-4-13-23-17(19)20;;;/h16,21,27H,1-13,18H2,(H,22,26)(H,24,25)(H4,19,20,23);3*1H. The number of carbonyl (C=O) groups excluding carboxylic acids is 2. The third kappa shape index (κ3) is 25.0. The maximum absolute atomic E-state index is 11.7. The minimum absolute atomic E-state index is 0. The average molecular weight is 497 g/mol. The van der Waals surface area contributed by atoms with Gasteiger partial charge in [-0.05, 0) is 51.7 Å². The van der Waals surface area contributed by atoms with Crippen LogP contribution in [0.25, 0.3) is 0 Å². The summed E-state index contributed by atoms with van der Waals surface area (Å²) in [7, 11) is 0. The molecule has 1 unspecified atom stereocenters. The van der Waals surface area contributed by atoms with E-state index in [1.54, 1.807) is 0 Å². The number of nitrogens with zero attached hydrogens (tertiary/aromatic N) is 1. The van der Waals surface area contributed by atoms with Crippen LogP contribution in [0.3, 0.4) is 0 Å². The van der Waals surface area contributed by atoms with Crippen LogP contribution in [0.4, 0.5) is 0 Å². The molecule has 10 N–H and O–H groups in total. The Morgan fingerprint density at radius 1 is 0.867 bits per heavy atom. The fraction of sp³-hybridized carbons (Fsp3) is 0.824. The summed E-state index contributed by atoms with van der Waals surface area (Å²) in [5, 5.41) is 17.9. The van der Waals surface area contributed by atoms with Crippen LogP contribution in [0, 0.1) is 0 Å². The molecule has 2 amide bonds. The van der Waals surface area contributed by atoms with Crippen molar-refractivity contribution in [3.8, 4) is 0 Å². The number of hydrogen-bond donors (Lipinski definition) is 7. The quantitative estimate of drug-likeness (QED) is 0.0626. The predicted octanol–water partition coefficient (Wildman–Crippen LogP) is -0.255. The second kappa shape index (κ2) is 26.0. The Hall–Kier alpha value is -1.04. The van der Waals surface area contributed by atoms with E-state index in [2.05, 4.69) is 20.9 Å². The summed E-state index contributed by atoms with van der Waals surface area (Å²) < 4.78 is 0. The van der Waals surface area contributed by atoms with Gasteiger partial charge < -0.3 is 38.3 Å². The molecule has 0 aromatic heterocycles. The van der Waals surface area contributed by atoms with E-state index in [4.69, 9.17) is 17.2 Å². The van der Waals surface area contributed by atoms with E-state index in [0.29, 0.717) is 26.1 Å². The van der Waals surface area contributed by atoms with Crippen LogP contribution in [0.1, 0.15) is 51.4 Å². The Balaban J connectivity index is -0.00000113. The first-order valence-corrected chi connectivity index (χ1v) is 9.68. The number of rotatable bonds is 17. The normalized spacial score (nSPS) is 10.5. The highest BCUT2D eigenvalue weighted by molar-refractivity contribution is 5.86. The summed E-state index contributed by atoms with van der Waals surface area (Å²) in [6.07, 6.45) is 4.71. The lowest BCUT2D eigenvalue weighted by Crippen LogP contribution is -2.46. The van der Waals surface area contributed by atoms with Crippen molar-refractivity contribution in [1.82, 2.24) is 16.0 Å². The maximum atomic E-state index is 11.7. The first-order chi connectivity index (χ1) is 13.0. The van der Waals surface area contributed by atoms with Gasteiger partial charge in [-0.25, -0.2) is 0 Å². The predicted molar refractivity (Wildman–Crippen MR) is 128 cm³/mol. The van der Waals surface area contributed by atoms with Gasteiger partial charge in [-0.2, -0.15) is 0 Å². The molecule has 1 atom stereocenters. The molecule has 0 aliphatic rings. The van der Waals surface area contributed by atoms with E-state index < -0.39 is 12.1 Å². The minimum Gasteiger partial charge on any atom is -0.370 e. The molecule has 182 valence electrons. The monoisotopic (exact) mass is 495 g/mol. The van der Waals surface area contributed by atoms with Crippen molar-refractivity contribution >= 4 is 55.0 Å². The lowest BCUT2D eigenvalue weighted by atomic mass is 10.1. The van der Waals surface area contributed by atoms with Crippen LogP contribution in [0.2, 0.25) is 0 Å². The number of aliphatic hydroxyl groups excluding tert-OH is 1. The summed E-state index contributed by atoms with van der Waals surface area (Å²) in [5.74, 6) is -0.844. The molecule has 0 bridgehead atoms. The number of guanidine groups is 1. The van der Waals surface area contributed by atoms with Gasteiger partial charge in [-0.3, -0.25) is 14.6 Å². The zero-order valence-corrected chi connectivity index (χ0v) is 19.9. The first kappa shape index (κ1) is 36.3. The molecule has 0 rings (SSSR count). The lowest BCUT2D eigenvalue weighted by Gasteiger charge is -2.13. The number of amides is 2. The second-order valence-corrected chi connectivity index (χ2v) is 6.33. The van der Waals surface area contributed by atoms with Crippen LogP contribution < -0.4 is 33.2 Å². The van der Waals surface area contributed by atoms with E-state index in [0.717, 1.165) is 51.6 Å². The highest BCUT2D eigenvalue weighted by atomic mass is 35.5. The van der Waals surface area contributed by atoms with E-state index in [1.807, 2.05) is 0 Å². The molecule has 0 aliphatic heterocycles.